The molecule has 4 aromatic rings. The largest absolute Gasteiger partial charge is 0.497 e. The third kappa shape index (κ3) is 2.80. The van der Waals surface area contributed by atoms with Gasteiger partial charge >= 0.3 is 0 Å². The van der Waals surface area contributed by atoms with Gasteiger partial charge in [-0.05, 0) is 42.3 Å². The summed E-state index contributed by atoms with van der Waals surface area (Å²) in [6.45, 7) is 2.63. The van der Waals surface area contributed by atoms with Crippen LogP contribution in [0.15, 0.2) is 72.8 Å². The molecule has 1 amide bonds. The van der Waals surface area contributed by atoms with E-state index in [1.807, 2.05) is 53.4 Å². The van der Waals surface area contributed by atoms with Crippen LogP contribution in [0.3, 0.4) is 0 Å². The molecule has 5 rings (SSSR count). The Kier molecular flexibility index (Phi) is 4.13. The molecule has 1 N–H and O–H groups in total. The lowest BCUT2D eigenvalue weighted by molar-refractivity contribution is 0.0736. The third-order valence-corrected chi connectivity index (χ3v) is 5.79. The highest BCUT2D eigenvalue weighted by molar-refractivity contribution is 6.01. The number of aromatic nitrogens is 1. The normalized spacial score (nSPS) is 15.7. The fraction of sp³-hybridized carbons (Fsp3) is 0.160. The zero-order chi connectivity index (χ0) is 20.0. The molecular formula is C25H22N2O2. The summed E-state index contributed by atoms with van der Waals surface area (Å²) in [5, 5.41) is 1.17. The van der Waals surface area contributed by atoms with Gasteiger partial charge < -0.3 is 14.6 Å². The zero-order valence-corrected chi connectivity index (χ0v) is 16.5. The molecule has 1 aliphatic heterocycles. The van der Waals surface area contributed by atoms with E-state index in [1.54, 1.807) is 7.11 Å². The summed E-state index contributed by atoms with van der Waals surface area (Å²) in [7, 11) is 1.66. The van der Waals surface area contributed by atoms with E-state index < -0.39 is 0 Å². The summed E-state index contributed by atoms with van der Waals surface area (Å²) in [6, 6.07) is 24.1. The first-order valence-corrected chi connectivity index (χ1v) is 9.77. The lowest BCUT2D eigenvalue weighted by Gasteiger charge is -2.26. The number of nitrogens with zero attached hydrogens (tertiary/aromatic N) is 1. The van der Waals surface area contributed by atoms with Gasteiger partial charge in [0.15, 0.2) is 0 Å². The highest BCUT2D eigenvalue weighted by Crippen LogP contribution is 2.43. The van der Waals surface area contributed by atoms with Gasteiger partial charge in [0.25, 0.3) is 5.91 Å². The average molecular weight is 382 g/mol. The smallest absolute Gasteiger partial charge is 0.255 e. The molecule has 0 saturated heterocycles. The molecule has 0 spiro atoms. The van der Waals surface area contributed by atoms with Gasteiger partial charge in [0.1, 0.15) is 5.75 Å². The number of H-pyrrole nitrogens is 1. The van der Waals surface area contributed by atoms with Gasteiger partial charge in [0.05, 0.1) is 13.2 Å². The highest BCUT2D eigenvalue weighted by Gasteiger charge is 2.39. The second-order valence-electron chi connectivity index (χ2n) is 7.48. The summed E-state index contributed by atoms with van der Waals surface area (Å²) < 4.78 is 5.27. The van der Waals surface area contributed by atoms with E-state index in [0.29, 0.717) is 6.54 Å². The molecule has 2 heterocycles. The summed E-state index contributed by atoms with van der Waals surface area (Å²) in [5.41, 5.74) is 6.30. The molecule has 0 bridgehead atoms. The summed E-state index contributed by atoms with van der Waals surface area (Å²) in [5.74, 6) is 0.889. The molecule has 4 nitrogen and oxygen atoms in total. The van der Waals surface area contributed by atoms with Crippen molar-refractivity contribution in [1.82, 2.24) is 9.88 Å². The van der Waals surface area contributed by atoms with E-state index >= 15 is 0 Å². The molecule has 0 radical (unpaired) electrons. The van der Waals surface area contributed by atoms with Crippen LogP contribution in [0.2, 0.25) is 0 Å². The first-order valence-electron chi connectivity index (χ1n) is 9.77. The quantitative estimate of drug-likeness (QED) is 0.525. The Morgan fingerprint density at radius 2 is 1.69 bits per heavy atom. The predicted molar refractivity (Wildman–Crippen MR) is 114 cm³/mol. The Labute approximate surface area is 169 Å². The molecule has 0 aliphatic carbocycles. The van der Waals surface area contributed by atoms with Crippen molar-refractivity contribution < 1.29 is 9.53 Å². The Bertz CT molecular complexity index is 1210. The summed E-state index contributed by atoms with van der Waals surface area (Å²) >= 11 is 0. The fourth-order valence-corrected chi connectivity index (χ4v) is 4.42. The van der Waals surface area contributed by atoms with Crippen LogP contribution >= 0.6 is 0 Å². The Morgan fingerprint density at radius 1 is 0.966 bits per heavy atom. The van der Waals surface area contributed by atoms with Crippen LogP contribution < -0.4 is 4.74 Å². The van der Waals surface area contributed by atoms with Crippen LogP contribution in [0.4, 0.5) is 0 Å². The minimum atomic E-state index is -0.114. The number of methoxy groups -OCH3 is 1. The number of aromatic amines is 1. The molecule has 1 aliphatic rings. The molecule has 29 heavy (non-hydrogen) atoms. The number of fused-ring (bicyclic) bond motifs is 2. The van der Waals surface area contributed by atoms with E-state index in [-0.39, 0.29) is 11.9 Å². The van der Waals surface area contributed by atoms with E-state index in [4.69, 9.17) is 4.74 Å². The summed E-state index contributed by atoms with van der Waals surface area (Å²) in [6.07, 6.45) is 0. The van der Waals surface area contributed by atoms with Gasteiger partial charge in [-0.2, -0.15) is 0 Å². The van der Waals surface area contributed by atoms with Gasteiger partial charge in [-0.1, -0.05) is 48.5 Å². The van der Waals surface area contributed by atoms with Gasteiger partial charge in [-0.25, -0.2) is 0 Å². The van der Waals surface area contributed by atoms with Gasteiger partial charge in [0.2, 0.25) is 0 Å². The van der Waals surface area contributed by atoms with E-state index in [0.717, 1.165) is 33.7 Å². The number of hydrogen-bond acceptors (Lipinski definition) is 2. The van der Waals surface area contributed by atoms with Crippen molar-refractivity contribution in [2.45, 2.75) is 19.5 Å². The molecule has 0 saturated carbocycles. The van der Waals surface area contributed by atoms with Crippen molar-refractivity contribution in [2.75, 3.05) is 7.11 Å². The van der Waals surface area contributed by atoms with Crippen molar-refractivity contribution in [3.63, 3.8) is 0 Å². The molecule has 0 fully saturated rings. The van der Waals surface area contributed by atoms with E-state index in [1.165, 1.54) is 10.9 Å². The zero-order valence-electron chi connectivity index (χ0n) is 16.5. The molecule has 0 unspecified atom stereocenters. The van der Waals surface area contributed by atoms with E-state index in [2.05, 4.69) is 36.2 Å². The molecule has 1 atom stereocenters. The van der Waals surface area contributed by atoms with E-state index in [9.17, 15) is 4.79 Å². The maximum Gasteiger partial charge on any atom is 0.255 e. The first-order chi connectivity index (χ1) is 14.2. The van der Waals surface area contributed by atoms with Crippen LogP contribution in [-0.4, -0.2) is 22.9 Å². The predicted octanol–water partition coefficient (Wildman–Crippen LogP) is 5.23. The fourth-order valence-electron chi connectivity index (χ4n) is 4.42. The van der Waals surface area contributed by atoms with Crippen LogP contribution in [-0.2, 0) is 6.54 Å². The lowest BCUT2D eigenvalue weighted by atomic mass is 9.95. The minimum Gasteiger partial charge on any atom is -0.497 e. The maximum atomic E-state index is 13.4. The van der Waals surface area contributed by atoms with Crippen LogP contribution in [0.1, 0.15) is 38.8 Å². The van der Waals surface area contributed by atoms with Crippen molar-refractivity contribution in [3.8, 4) is 5.75 Å². The van der Waals surface area contributed by atoms with Crippen molar-refractivity contribution in [3.05, 3.63) is 101 Å². The Morgan fingerprint density at radius 3 is 2.48 bits per heavy atom. The highest BCUT2D eigenvalue weighted by atomic mass is 16.5. The minimum absolute atomic E-state index is 0.0751. The average Bonchev–Trinajstić information content (AvgIpc) is 3.22. The Hall–Kier alpha value is -3.53. The molecule has 144 valence electrons. The monoisotopic (exact) mass is 382 g/mol. The van der Waals surface area contributed by atoms with Crippen molar-refractivity contribution in [1.29, 1.82) is 0 Å². The van der Waals surface area contributed by atoms with Crippen LogP contribution in [0.25, 0.3) is 10.9 Å². The molecular weight excluding hydrogens is 360 g/mol. The topological polar surface area (TPSA) is 45.3 Å². The SMILES string of the molecule is COc1ccc(CN2C(=O)c3ccccc3[C@@H]2c2c(C)[nH]c3ccccc23)cc1. The van der Waals surface area contributed by atoms with Gasteiger partial charge in [-0.15, -0.1) is 0 Å². The van der Waals surface area contributed by atoms with Crippen LogP contribution in [0, 0.1) is 6.92 Å². The second-order valence-corrected chi connectivity index (χ2v) is 7.48. The van der Waals surface area contributed by atoms with Crippen LogP contribution in [0.5, 0.6) is 5.75 Å². The lowest BCUT2D eigenvalue weighted by Crippen LogP contribution is -2.28. The summed E-state index contributed by atoms with van der Waals surface area (Å²) in [4.78, 5) is 18.8. The number of nitrogens with one attached hydrogen (secondary N) is 1. The second kappa shape index (κ2) is 6.82. The number of benzene rings is 3. The number of hydrogen-bond donors (Lipinski definition) is 1. The number of carbonyl (C=O) groups excluding carboxylic acids is 1. The molecule has 3 aromatic carbocycles. The third-order valence-electron chi connectivity index (χ3n) is 5.79. The Balaban J connectivity index is 1.64. The number of aryl methyl sites for hydroxylation is 1. The number of rotatable bonds is 4. The molecule has 1 aromatic heterocycles. The number of carbonyl (C=O) groups is 1. The number of para-hydroxylation sites is 1. The van der Waals surface area contributed by atoms with Crippen molar-refractivity contribution >= 4 is 16.8 Å². The maximum absolute atomic E-state index is 13.4. The first kappa shape index (κ1) is 17.6. The van der Waals surface area contributed by atoms with Gasteiger partial charge in [-0.3, -0.25) is 4.79 Å². The standard InChI is InChI=1S/C25H22N2O2/c1-16-23(21-9-5-6-10-22(21)26-16)24-19-7-3-4-8-20(19)25(28)27(24)15-17-11-13-18(29-2)14-12-17/h3-14,24,26H,15H2,1-2H3/t24-/m1/s1. The number of ether oxygens (including phenoxy) is 1. The number of amides is 1. The molecule has 4 heteroatoms. The van der Waals surface area contributed by atoms with Crippen molar-refractivity contribution in [2.24, 2.45) is 0 Å². The van der Waals surface area contributed by atoms with Gasteiger partial charge in [0, 0.05) is 34.3 Å².